The molecule has 0 saturated carbocycles. The Balaban J connectivity index is 3.25. The molecule has 0 spiro atoms. The minimum absolute atomic E-state index is 0.153. The molecule has 0 aliphatic rings. The summed E-state index contributed by atoms with van der Waals surface area (Å²) < 4.78 is 27.4. The van der Waals surface area contributed by atoms with Crippen LogP contribution in [0.3, 0.4) is 0 Å². The van der Waals surface area contributed by atoms with Crippen molar-refractivity contribution in [3.8, 4) is 17.2 Å². The van der Waals surface area contributed by atoms with Gasteiger partial charge in [0.2, 0.25) is 5.75 Å². The summed E-state index contributed by atoms with van der Waals surface area (Å²) in [6.07, 6.45) is 9.54. The van der Waals surface area contributed by atoms with Gasteiger partial charge in [-0.15, -0.1) is 0 Å². The fourth-order valence-electron chi connectivity index (χ4n) is 3.89. The van der Waals surface area contributed by atoms with E-state index in [-0.39, 0.29) is 30.6 Å². The lowest BCUT2D eigenvalue weighted by Crippen LogP contribution is -2.23. The molecule has 7 nitrogen and oxygen atoms in total. The van der Waals surface area contributed by atoms with E-state index in [1.807, 2.05) is 0 Å². The van der Waals surface area contributed by atoms with Crippen molar-refractivity contribution in [1.82, 2.24) is 0 Å². The molecule has 0 aliphatic heterocycles. The predicted molar refractivity (Wildman–Crippen MR) is 143 cm³/mol. The molecule has 1 aromatic carbocycles. The molecule has 0 amide bonds. The fraction of sp³-hybridized carbons (Fsp3) is 0.655. The third-order valence-electron chi connectivity index (χ3n) is 6.42. The second-order valence-corrected chi connectivity index (χ2v) is 9.05. The van der Waals surface area contributed by atoms with Crippen molar-refractivity contribution < 1.29 is 33.3 Å². The van der Waals surface area contributed by atoms with Crippen LogP contribution in [-0.2, 0) is 19.1 Å². The first-order valence-electron chi connectivity index (χ1n) is 13.2. The third-order valence-corrected chi connectivity index (χ3v) is 6.42. The molecule has 1 rings (SSSR count). The molecule has 0 saturated heterocycles. The number of hydrogen-bond acceptors (Lipinski definition) is 7. The quantitative estimate of drug-likeness (QED) is 0.0958. The van der Waals surface area contributed by atoms with Gasteiger partial charge in [-0.3, -0.25) is 0 Å². The van der Waals surface area contributed by atoms with Gasteiger partial charge in [-0.1, -0.05) is 66.2 Å². The van der Waals surface area contributed by atoms with Crippen LogP contribution in [0.15, 0.2) is 17.7 Å². The van der Waals surface area contributed by atoms with Crippen molar-refractivity contribution in [3.05, 3.63) is 23.3 Å². The Morgan fingerprint density at radius 1 is 0.750 bits per heavy atom. The van der Waals surface area contributed by atoms with Gasteiger partial charge in [0.25, 0.3) is 0 Å². The van der Waals surface area contributed by atoms with E-state index >= 15 is 0 Å². The maximum absolute atomic E-state index is 13.1. The summed E-state index contributed by atoms with van der Waals surface area (Å²) in [5.41, 5.74) is 0.379. The highest BCUT2D eigenvalue weighted by Gasteiger charge is 2.25. The van der Waals surface area contributed by atoms with E-state index in [4.69, 9.17) is 23.7 Å². The largest absolute Gasteiger partial charge is 0.493 e. The summed E-state index contributed by atoms with van der Waals surface area (Å²) in [7, 11) is 4.54. The number of hydrogen-bond donors (Lipinski definition) is 0. The van der Waals surface area contributed by atoms with Crippen LogP contribution in [0.2, 0.25) is 0 Å². The number of unbranched alkanes of at least 4 members (excludes halogenated alkanes) is 2. The van der Waals surface area contributed by atoms with E-state index < -0.39 is 11.9 Å². The fourth-order valence-corrected chi connectivity index (χ4v) is 3.89. The minimum atomic E-state index is -0.690. The Morgan fingerprint density at radius 2 is 1.19 bits per heavy atom. The summed E-state index contributed by atoms with van der Waals surface area (Å²) in [6.45, 7) is 8.97. The average molecular weight is 507 g/mol. The molecular formula is C29H46O7. The minimum Gasteiger partial charge on any atom is -0.493 e. The zero-order valence-electron chi connectivity index (χ0n) is 23.3. The molecule has 0 radical (unpaired) electrons. The van der Waals surface area contributed by atoms with Gasteiger partial charge in [-0.05, 0) is 48.4 Å². The topological polar surface area (TPSA) is 80.3 Å². The van der Waals surface area contributed by atoms with E-state index in [1.54, 1.807) is 12.1 Å². The third kappa shape index (κ3) is 10.1. The number of methoxy groups -OCH3 is 3. The number of rotatable bonds is 18. The summed E-state index contributed by atoms with van der Waals surface area (Å²) in [5, 5.41) is 0. The molecule has 0 aromatic heterocycles. The molecule has 36 heavy (non-hydrogen) atoms. The summed E-state index contributed by atoms with van der Waals surface area (Å²) in [4.78, 5) is 26.2. The maximum atomic E-state index is 13.1. The lowest BCUT2D eigenvalue weighted by atomic mass is 10.0. The molecule has 1 aromatic rings. The first-order valence-corrected chi connectivity index (χ1v) is 13.2. The highest BCUT2D eigenvalue weighted by Crippen LogP contribution is 2.38. The van der Waals surface area contributed by atoms with Gasteiger partial charge in [0, 0.05) is 0 Å². The standard InChI is InChI=1S/C29H46O7/c1-8-12-14-21(10-3)19-35-28(30)24(29(31)36-20-22(11-4)15-13-9-2)16-23-17-25(32-5)27(34-7)26(18-23)33-6/h16-18,21-22H,8-15,19-20H2,1-7H3. The van der Waals surface area contributed by atoms with Crippen LogP contribution in [0.1, 0.15) is 84.6 Å². The molecule has 0 fully saturated rings. The zero-order chi connectivity index (χ0) is 26.9. The number of ether oxygens (including phenoxy) is 5. The van der Waals surface area contributed by atoms with Crippen molar-refractivity contribution in [3.63, 3.8) is 0 Å². The molecule has 2 unspecified atom stereocenters. The molecular weight excluding hydrogens is 460 g/mol. The first kappa shape index (κ1) is 31.3. The van der Waals surface area contributed by atoms with Gasteiger partial charge in [-0.25, -0.2) is 9.59 Å². The number of carbonyl (C=O) groups excluding carboxylic acids is 2. The molecule has 0 heterocycles. The van der Waals surface area contributed by atoms with E-state index in [2.05, 4.69) is 27.7 Å². The van der Waals surface area contributed by atoms with Crippen LogP contribution in [0.5, 0.6) is 17.2 Å². The van der Waals surface area contributed by atoms with Crippen LogP contribution in [0.25, 0.3) is 6.08 Å². The van der Waals surface area contributed by atoms with Gasteiger partial charge in [0.05, 0.1) is 34.5 Å². The van der Waals surface area contributed by atoms with Crippen molar-refractivity contribution in [2.24, 2.45) is 11.8 Å². The van der Waals surface area contributed by atoms with Gasteiger partial charge in [0.15, 0.2) is 11.5 Å². The van der Waals surface area contributed by atoms with Gasteiger partial charge < -0.3 is 23.7 Å². The monoisotopic (exact) mass is 506 g/mol. The van der Waals surface area contributed by atoms with Crippen molar-refractivity contribution in [2.75, 3.05) is 34.5 Å². The second kappa shape index (κ2) is 17.7. The maximum Gasteiger partial charge on any atom is 0.345 e. The Bertz CT molecular complexity index is 772. The molecule has 0 bridgehead atoms. The Hall–Kier alpha value is -2.70. The van der Waals surface area contributed by atoms with Crippen LogP contribution in [0, 0.1) is 11.8 Å². The van der Waals surface area contributed by atoms with Crippen molar-refractivity contribution in [2.45, 2.75) is 79.1 Å². The first-order chi connectivity index (χ1) is 17.4. The van der Waals surface area contributed by atoms with Gasteiger partial charge >= 0.3 is 11.9 Å². The molecule has 204 valence electrons. The van der Waals surface area contributed by atoms with Crippen LogP contribution in [0.4, 0.5) is 0 Å². The van der Waals surface area contributed by atoms with Crippen LogP contribution >= 0.6 is 0 Å². The van der Waals surface area contributed by atoms with E-state index in [0.717, 1.165) is 51.4 Å². The number of benzene rings is 1. The lowest BCUT2D eigenvalue weighted by Gasteiger charge is -2.17. The second-order valence-electron chi connectivity index (χ2n) is 9.05. The van der Waals surface area contributed by atoms with Gasteiger partial charge in [-0.2, -0.15) is 0 Å². The molecule has 7 heteroatoms. The van der Waals surface area contributed by atoms with Crippen LogP contribution in [-0.4, -0.2) is 46.5 Å². The normalized spacial score (nSPS) is 12.3. The molecule has 0 aliphatic carbocycles. The van der Waals surface area contributed by atoms with E-state index in [0.29, 0.717) is 22.8 Å². The smallest absolute Gasteiger partial charge is 0.345 e. The highest BCUT2D eigenvalue weighted by molar-refractivity contribution is 6.17. The van der Waals surface area contributed by atoms with Crippen molar-refractivity contribution in [1.29, 1.82) is 0 Å². The number of carbonyl (C=O) groups is 2. The van der Waals surface area contributed by atoms with E-state index in [9.17, 15) is 9.59 Å². The summed E-state index contributed by atoms with van der Waals surface area (Å²) in [6, 6.07) is 3.35. The highest BCUT2D eigenvalue weighted by atomic mass is 16.6. The summed E-state index contributed by atoms with van der Waals surface area (Å²) in [5.74, 6) is 0.389. The Morgan fingerprint density at radius 3 is 1.53 bits per heavy atom. The zero-order valence-corrected chi connectivity index (χ0v) is 23.3. The SMILES string of the molecule is CCCCC(CC)COC(=O)C(=Cc1cc(OC)c(OC)c(OC)c1)C(=O)OCC(CC)CCCC. The Labute approximate surface area is 217 Å². The molecule has 0 N–H and O–H groups in total. The summed E-state index contributed by atoms with van der Waals surface area (Å²) >= 11 is 0. The van der Waals surface area contributed by atoms with Crippen LogP contribution < -0.4 is 14.2 Å². The molecule has 2 atom stereocenters. The number of esters is 2. The van der Waals surface area contributed by atoms with Crippen molar-refractivity contribution >= 4 is 18.0 Å². The lowest BCUT2D eigenvalue weighted by molar-refractivity contribution is -0.148. The van der Waals surface area contributed by atoms with E-state index in [1.165, 1.54) is 27.4 Å². The Kier molecular flexibility index (Phi) is 15.4. The predicted octanol–water partition coefficient (Wildman–Crippen LogP) is 6.62. The van der Waals surface area contributed by atoms with Gasteiger partial charge in [0.1, 0.15) is 5.57 Å². The average Bonchev–Trinajstić information content (AvgIpc) is 2.90.